The van der Waals surface area contributed by atoms with Crippen molar-refractivity contribution < 1.29 is 9.18 Å². The lowest BCUT2D eigenvalue weighted by molar-refractivity contribution is 0.0962. The molecule has 2 nitrogen and oxygen atoms in total. The minimum absolute atomic E-state index is 0.114. The molecule has 0 saturated carbocycles. The fraction of sp³-hybridized carbons (Fsp3) is 0.588. The molecule has 0 N–H and O–H groups in total. The molecule has 1 saturated heterocycles. The molecule has 1 aromatic rings. The van der Waals surface area contributed by atoms with Gasteiger partial charge in [0, 0.05) is 25.1 Å². The molecule has 1 fully saturated rings. The summed E-state index contributed by atoms with van der Waals surface area (Å²) in [5.41, 5.74) is 0.617. The molecule has 1 aromatic carbocycles. The Balaban J connectivity index is 1.75. The van der Waals surface area contributed by atoms with Gasteiger partial charge in [0.2, 0.25) is 0 Å². The Hall–Kier alpha value is -1.22. The fourth-order valence-electron chi connectivity index (χ4n) is 3.22. The predicted molar refractivity (Wildman–Crippen MR) is 79.3 cm³/mol. The quantitative estimate of drug-likeness (QED) is 0.764. The number of rotatable bonds is 5. The number of carbonyl (C=O) groups excluding carboxylic acids is 1. The van der Waals surface area contributed by atoms with Gasteiger partial charge < -0.3 is 4.90 Å². The Bertz CT molecular complexity index is 433. The molecule has 110 valence electrons. The van der Waals surface area contributed by atoms with Gasteiger partial charge in [-0.25, -0.2) is 4.39 Å². The third-order valence-corrected chi connectivity index (χ3v) is 3.99. The van der Waals surface area contributed by atoms with E-state index in [-0.39, 0.29) is 11.6 Å². The van der Waals surface area contributed by atoms with E-state index < -0.39 is 0 Å². The highest BCUT2D eigenvalue weighted by Crippen LogP contribution is 2.21. The molecule has 1 aliphatic rings. The van der Waals surface area contributed by atoms with Crippen LogP contribution in [0, 0.1) is 17.7 Å². The van der Waals surface area contributed by atoms with Crippen LogP contribution in [0.5, 0.6) is 0 Å². The number of carbonyl (C=O) groups is 1. The highest BCUT2D eigenvalue weighted by molar-refractivity contribution is 5.95. The van der Waals surface area contributed by atoms with Crippen LogP contribution in [0.15, 0.2) is 24.3 Å². The second kappa shape index (κ2) is 6.98. The monoisotopic (exact) mass is 277 g/mol. The van der Waals surface area contributed by atoms with Crippen LogP contribution < -0.4 is 0 Å². The fourth-order valence-corrected chi connectivity index (χ4v) is 3.22. The molecule has 0 spiro atoms. The molecule has 0 radical (unpaired) electrons. The lowest BCUT2D eigenvalue weighted by Crippen LogP contribution is -2.39. The lowest BCUT2D eigenvalue weighted by atomic mass is 9.92. The zero-order valence-corrected chi connectivity index (χ0v) is 12.4. The summed E-state index contributed by atoms with van der Waals surface area (Å²) < 4.78 is 12.8. The molecule has 0 aromatic heterocycles. The van der Waals surface area contributed by atoms with Crippen molar-refractivity contribution in [2.45, 2.75) is 33.1 Å². The van der Waals surface area contributed by atoms with E-state index in [1.165, 1.54) is 18.6 Å². The Morgan fingerprint density at radius 3 is 2.40 bits per heavy atom. The lowest BCUT2D eigenvalue weighted by Gasteiger charge is -2.34. The summed E-state index contributed by atoms with van der Waals surface area (Å²) in [5.74, 6) is 1.33. The number of benzene rings is 1. The van der Waals surface area contributed by atoms with Gasteiger partial charge in [0.15, 0.2) is 5.78 Å². The summed E-state index contributed by atoms with van der Waals surface area (Å²) in [6.07, 6.45) is 2.74. The molecule has 1 heterocycles. The van der Waals surface area contributed by atoms with Gasteiger partial charge in [-0.1, -0.05) is 13.8 Å². The summed E-state index contributed by atoms with van der Waals surface area (Å²) in [6, 6.07) is 5.84. The maximum absolute atomic E-state index is 12.8. The van der Waals surface area contributed by atoms with Crippen molar-refractivity contribution in [1.82, 2.24) is 4.90 Å². The second-order valence-electron chi connectivity index (χ2n) is 6.24. The minimum atomic E-state index is -0.294. The summed E-state index contributed by atoms with van der Waals surface area (Å²) in [4.78, 5) is 14.5. The van der Waals surface area contributed by atoms with E-state index in [1.54, 1.807) is 12.1 Å². The van der Waals surface area contributed by atoms with Gasteiger partial charge in [-0.2, -0.15) is 0 Å². The first-order valence-corrected chi connectivity index (χ1v) is 7.55. The van der Waals surface area contributed by atoms with Gasteiger partial charge in [0.25, 0.3) is 0 Å². The van der Waals surface area contributed by atoms with Crippen molar-refractivity contribution in [2.75, 3.05) is 19.6 Å². The molecule has 2 atom stereocenters. The second-order valence-corrected chi connectivity index (χ2v) is 6.24. The zero-order chi connectivity index (χ0) is 14.5. The Morgan fingerprint density at radius 2 is 1.80 bits per heavy atom. The molecule has 2 rings (SSSR count). The number of hydrogen-bond acceptors (Lipinski definition) is 2. The van der Waals surface area contributed by atoms with E-state index in [2.05, 4.69) is 18.7 Å². The summed E-state index contributed by atoms with van der Waals surface area (Å²) in [6.45, 7) is 7.88. The van der Waals surface area contributed by atoms with E-state index in [0.29, 0.717) is 12.0 Å². The topological polar surface area (TPSA) is 20.3 Å². The molecule has 0 aliphatic carbocycles. The number of ketones is 1. The van der Waals surface area contributed by atoms with E-state index in [0.717, 1.165) is 37.9 Å². The number of piperidine rings is 1. The van der Waals surface area contributed by atoms with Crippen LogP contribution >= 0.6 is 0 Å². The van der Waals surface area contributed by atoms with E-state index >= 15 is 0 Å². The van der Waals surface area contributed by atoms with Crippen LogP contribution in [0.2, 0.25) is 0 Å². The number of likely N-dealkylation sites (tertiary alicyclic amines) is 1. The third-order valence-electron chi connectivity index (χ3n) is 3.99. The van der Waals surface area contributed by atoms with Crippen LogP contribution in [0.25, 0.3) is 0 Å². The van der Waals surface area contributed by atoms with Crippen molar-refractivity contribution in [1.29, 1.82) is 0 Å². The molecule has 0 bridgehead atoms. The van der Waals surface area contributed by atoms with Gasteiger partial charge in [0.1, 0.15) is 5.82 Å². The Kier molecular flexibility index (Phi) is 5.30. The number of hydrogen-bond donors (Lipinski definition) is 0. The standard InChI is InChI=1S/C17H24FNO/c1-13-10-14(2)12-19(11-13)9-3-4-17(20)15-5-7-16(18)8-6-15/h5-8,13-14H,3-4,9-12H2,1-2H3. The molecule has 20 heavy (non-hydrogen) atoms. The van der Waals surface area contributed by atoms with E-state index in [1.807, 2.05) is 0 Å². The molecular weight excluding hydrogens is 253 g/mol. The SMILES string of the molecule is CC1CC(C)CN(CCCC(=O)c2ccc(F)cc2)C1. The molecular formula is C17H24FNO. The van der Waals surface area contributed by atoms with Gasteiger partial charge in [-0.05, 0) is 55.5 Å². The van der Waals surface area contributed by atoms with Crippen LogP contribution in [0.3, 0.4) is 0 Å². The first kappa shape index (κ1) is 15.2. The summed E-state index contributed by atoms with van der Waals surface area (Å²) in [7, 11) is 0. The van der Waals surface area contributed by atoms with Gasteiger partial charge in [-0.3, -0.25) is 4.79 Å². The normalized spacial score (nSPS) is 23.8. The first-order chi connectivity index (χ1) is 9.54. The van der Waals surface area contributed by atoms with Crippen molar-refractivity contribution in [2.24, 2.45) is 11.8 Å². The first-order valence-electron chi connectivity index (χ1n) is 7.55. The molecule has 1 aliphatic heterocycles. The highest BCUT2D eigenvalue weighted by Gasteiger charge is 2.21. The number of Topliss-reactive ketones (excluding diaryl/α,β-unsaturated/α-hetero) is 1. The van der Waals surface area contributed by atoms with E-state index in [4.69, 9.17) is 0 Å². The Morgan fingerprint density at radius 1 is 1.20 bits per heavy atom. The van der Waals surface area contributed by atoms with Crippen molar-refractivity contribution >= 4 is 5.78 Å². The third kappa shape index (κ3) is 4.41. The summed E-state index contributed by atoms with van der Waals surface area (Å²) in [5, 5.41) is 0. The largest absolute Gasteiger partial charge is 0.303 e. The van der Waals surface area contributed by atoms with Gasteiger partial charge in [-0.15, -0.1) is 0 Å². The molecule has 0 amide bonds. The van der Waals surface area contributed by atoms with Crippen molar-refractivity contribution in [3.05, 3.63) is 35.6 Å². The van der Waals surface area contributed by atoms with Crippen LogP contribution in [-0.2, 0) is 0 Å². The number of halogens is 1. The minimum Gasteiger partial charge on any atom is -0.303 e. The van der Waals surface area contributed by atoms with Crippen molar-refractivity contribution in [3.8, 4) is 0 Å². The number of nitrogens with zero attached hydrogens (tertiary/aromatic N) is 1. The summed E-state index contributed by atoms with van der Waals surface area (Å²) >= 11 is 0. The average molecular weight is 277 g/mol. The maximum Gasteiger partial charge on any atom is 0.162 e. The van der Waals surface area contributed by atoms with Crippen LogP contribution in [0.1, 0.15) is 43.5 Å². The van der Waals surface area contributed by atoms with Crippen LogP contribution in [0.4, 0.5) is 4.39 Å². The van der Waals surface area contributed by atoms with Gasteiger partial charge in [0.05, 0.1) is 0 Å². The van der Waals surface area contributed by atoms with Gasteiger partial charge >= 0.3 is 0 Å². The highest BCUT2D eigenvalue weighted by atomic mass is 19.1. The van der Waals surface area contributed by atoms with Crippen molar-refractivity contribution in [3.63, 3.8) is 0 Å². The average Bonchev–Trinajstić information content (AvgIpc) is 2.38. The maximum atomic E-state index is 12.8. The Labute approximate surface area is 121 Å². The molecule has 2 unspecified atom stereocenters. The van der Waals surface area contributed by atoms with Crippen LogP contribution in [-0.4, -0.2) is 30.3 Å². The molecule has 3 heteroatoms. The van der Waals surface area contributed by atoms with E-state index in [9.17, 15) is 9.18 Å². The zero-order valence-electron chi connectivity index (χ0n) is 12.4. The smallest absolute Gasteiger partial charge is 0.162 e. The predicted octanol–water partition coefficient (Wildman–Crippen LogP) is 3.77.